The number of piperidine rings is 1. The number of thiophene rings is 1. The van der Waals surface area contributed by atoms with Crippen molar-refractivity contribution in [3.05, 3.63) is 27.1 Å². The number of nitro groups is 1. The Morgan fingerprint density at radius 1 is 1.25 bits per heavy atom. The molecule has 156 valence electrons. The maximum absolute atomic E-state index is 13.0. The predicted octanol–water partition coefficient (Wildman–Crippen LogP) is 2.53. The Kier molecular flexibility index (Phi) is 8.21. The number of carbonyl (C=O) groups is 2. The van der Waals surface area contributed by atoms with Crippen LogP contribution in [0.2, 0.25) is 0 Å². The number of nitrogens with zero attached hydrogens (tertiary/aromatic N) is 3. The lowest BCUT2D eigenvalue weighted by molar-refractivity contribution is -0.380. The van der Waals surface area contributed by atoms with Gasteiger partial charge in [-0.05, 0) is 50.8 Å². The zero-order valence-electron chi connectivity index (χ0n) is 16.0. The highest BCUT2D eigenvalue weighted by atomic mass is 35.5. The van der Waals surface area contributed by atoms with Crippen LogP contribution in [0.4, 0.5) is 5.00 Å². The molecule has 1 atom stereocenters. The first-order chi connectivity index (χ1) is 13.0. The highest BCUT2D eigenvalue weighted by Gasteiger charge is 2.38. The molecule has 3 rings (SSSR count). The molecule has 2 aliphatic rings. The van der Waals surface area contributed by atoms with Crippen LogP contribution in [0.1, 0.15) is 42.3 Å². The van der Waals surface area contributed by atoms with Crippen LogP contribution in [0.3, 0.4) is 0 Å². The Balaban J connectivity index is 0.00000280. The quantitative estimate of drug-likeness (QED) is 0.552. The molecular weight excluding hydrogens is 404 g/mol. The maximum atomic E-state index is 13.0. The largest absolute Gasteiger partial charge is 0.341 e. The minimum absolute atomic E-state index is 0. The molecule has 1 aromatic heterocycles. The molecule has 1 aromatic rings. The number of carbonyl (C=O) groups excluding carboxylic acids is 2. The van der Waals surface area contributed by atoms with Gasteiger partial charge in [-0.1, -0.05) is 18.3 Å². The molecule has 0 aromatic carbocycles. The van der Waals surface area contributed by atoms with Crippen LogP contribution in [0, 0.1) is 16.0 Å². The first-order valence-electron chi connectivity index (χ1n) is 9.56. The van der Waals surface area contributed by atoms with Gasteiger partial charge in [0.15, 0.2) is 0 Å². The Hall–Kier alpha value is -1.71. The van der Waals surface area contributed by atoms with Crippen LogP contribution in [0.15, 0.2) is 12.1 Å². The lowest BCUT2D eigenvalue weighted by Crippen LogP contribution is -2.50. The molecule has 0 spiro atoms. The van der Waals surface area contributed by atoms with E-state index in [0.29, 0.717) is 23.8 Å². The van der Waals surface area contributed by atoms with E-state index in [4.69, 9.17) is 0 Å². The number of hydrogen-bond donors (Lipinski definition) is 1. The van der Waals surface area contributed by atoms with Crippen molar-refractivity contribution in [2.75, 3.05) is 32.7 Å². The molecule has 1 unspecified atom stereocenters. The van der Waals surface area contributed by atoms with E-state index in [1.807, 2.05) is 4.90 Å². The first-order valence-corrected chi connectivity index (χ1v) is 10.4. The standard InChI is InChI=1S/C18H26N4O4S.ClH/c1-2-19-12-13-7-10-20(11-8-13)17(23)14-4-3-9-21(14)18(24)15-5-6-16(27-15)22(25)26;/h5-6,13-14,19H,2-4,7-12H2,1H3;1H. The van der Waals surface area contributed by atoms with E-state index in [1.54, 1.807) is 4.90 Å². The highest BCUT2D eigenvalue weighted by molar-refractivity contribution is 7.17. The summed E-state index contributed by atoms with van der Waals surface area (Å²) in [7, 11) is 0. The summed E-state index contributed by atoms with van der Waals surface area (Å²) in [5, 5.41) is 14.2. The van der Waals surface area contributed by atoms with Crippen molar-refractivity contribution in [3.63, 3.8) is 0 Å². The summed E-state index contributed by atoms with van der Waals surface area (Å²) >= 11 is 0.871. The van der Waals surface area contributed by atoms with E-state index in [2.05, 4.69) is 12.2 Å². The number of likely N-dealkylation sites (tertiary alicyclic amines) is 2. The van der Waals surface area contributed by atoms with Gasteiger partial charge in [-0.15, -0.1) is 12.4 Å². The lowest BCUT2D eigenvalue weighted by atomic mass is 9.96. The van der Waals surface area contributed by atoms with Gasteiger partial charge in [0, 0.05) is 25.7 Å². The van der Waals surface area contributed by atoms with Crippen molar-refractivity contribution in [3.8, 4) is 0 Å². The van der Waals surface area contributed by atoms with Crippen molar-refractivity contribution in [1.29, 1.82) is 0 Å². The molecule has 2 aliphatic heterocycles. The summed E-state index contributed by atoms with van der Waals surface area (Å²) < 4.78 is 0. The second-order valence-corrected chi connectivity index (χ2v) is 8.19. The van der Waals surface area contributed by atoms with Gasteiger partial charge in [-0.2, -0.15) is 0 Å². The summed E-state index contributed by atoms with van der Waals surface area (Å²) in [6.45, 7) is 6.03. The molecule has 0 bridgehead atoms. The van der Waals surface area contributed by atoms with Crippen molar-refractivity contribution in [2.24, 2.45) is 5.92 Å². The molecule has 0 radical (unpaired) electrons. The summed E-state index contributed by atoms with van der Waals surface area (Å²) in [5.74, 6) is 0.349. The SMILES string of the molecule is CCNCC1CCN(C(=O)C2CCCN2C(=O)c2ccc([N+](=O)[O-])s2)CC1.Cl. The predicted molar refractivity (Wildman–Crippen MR) is 110 cm³/mol. The molecule has 3 heterocycles. The van der Waals surface area contributed by atoms with Crippen LogP contribution in [-0.2, 0) is 4.79 Å². The molecule has 2 amide bonds. The molecular formula is C18H27ClN4O4S. The van der Waals surface area contributed by atoms with Gasteiger partial charge in [-0.3, -0.25) is 19.7 Å². The fourth-order valence-electron chi connectivity index (χ4n) is 3.87. The third kappa shape index (κ3) is 5.01. The van der Waals surface area contributed by atoms with Crippen LogP contribution in [-0.4, -0.2) is 65.3 Å². The van der Waals surface area contributed by atoms with Gasteiger partial charge in [0.1, 0.15) is 6.04 Å². The Bertz CT molecular complexity index is 706. The molecule has 1 N–H and O–H groups in total. The van der Waals surface area contributed by atoms with Gasteiger partial charge in [0.2, 0.25) is 5.91 Å². The van der Waals surface area contributed by atoms with Crippen molar-refractivity contribution in [2.45, 2.75) is 38.6 Å². The number of nitrogens with one attached hydrogen (secondary N) is 1. The van der Waals surface area contributed by atoms with Gasteiger partial charge in [0.05, 0.1) is 9.80 Å². The van der Waals surface area contributed by atoms with E-state index in [0.717, 1.165) is 56.8 Å². The Morgan fingerprint density at radius 2 is 1.96 bits per heavy atom. The Labute approximate surface area is 174 Å². The van der Waals surface area contributed by atoms with Gasteiger partial charge in [0.25, 0.3) is 5.91 Å². The number of amides is 2. The molecule has 8 nitrogen and oxygen atoms in total. The van der Waals surface area contributed by atoms with E-state index in [1.165, 1.54) is 12.1 Å². The minimum Gasteiger partial charge on any atom is -0.341 e. The second kappa shape index (κ2) is 10.2. The first kappa shape index (κ1) is 22.6. The summed E-state index contributed by atoms with van der Waals surface area (Å²) in [4.78, 5) is 39.9. The fraction of sp³-hybridized carbons (Fsp3) is 0.667. The number of halogens is 1. The van der Waals surface area contributed by atoms with Crippen molar-refractivity contribution >= 4 is 40.6 Å². The van der Waals surface area contributed by atoms with E-state index in [9.17, 15) is 19.7 Å². The monoisotopic (exact) mass is 430 g/mol. The molecule has 2 saturated heterocycles. The highest BCUT2D eigenvalue weighted by Crippen LogP contribution is 2.29. The smallest absolute Gasteiger partial charge is 0.324 e. The van der Waals surface area contributed by atoms with E-state index in [-0.39, 0.29) is 29.2 Å². The van der Waals surface area contributed by atoms with Crippen LogP contribution < -0.4 is 5.32 Å². The van der Waals surface area contributed by atoms with E-state index < -0.39 is 11.0 Å². The summed E-state index contributed by atoms with van der Waals surface area (Å²) in [5.41, 5.74) is 0. The summed E-state index contributed by atoms with van der Waals surface area (Å²) in [6, 6.07) is 2.39. The fourth-order valence-corrected chi connectivity index (χ4v) is 4.64. The number of rotatable bonds is 6. The third-order valence-electron chi connectivity index (χ3n) is 5.39. The second-order valence-electron chi connectivity index (χ2n) is 7.13. The zero-order valence-corrected chi connectivity index (χ0v) is 17.6. The van der Waals surface area contributed by atoms with Gasteiger partial charge < -0.3 is 15.1 Å². The molecule has 28 heavy (non-hydrogen) atoms. The zero-order chi connectivity index (χ0) is 19.4. The molecule has 0 aliphatic carbocycles. The number of hydrogen-bond acceptors (Lipinski definition) is 6. The normalized spacial score (nSPS) is 20.1. The van der Waals surface area contributed by atoms with Crippen molar-refractivity contribution < 1.29 is 14.5 Å². The van der Waals surface area contributed by atoms with Gasteiger partial charge in [-0.25, -0.2) is 0 Å². The molecule has 0 saturated carbocycles. The lowest BCUT2D eigenvalue weighted by Gasteiger charge is -2.35. The maximum Gasteiger partial charge on any atom is 0.324 e. The average molecular weight is 431 g/mol. The van der Waals surface area contributed by atoms with Crippen molar-refractivity contribution in [1.82, 2.24) is 15.1 Å². The van der Waals surface area contributed by atoms with Crippen LogP contribution in [0.5, 0.6) is 0 Å². The van der Waals surface area contributed by atoms with Crippen LogP contribution in [0.25, 0.3) is 0 Å². The molecule has 2 fully saturated rings. The minimum atomic E-state index is -0.494. The summed E-state index contributed by atoms with van der Waals surface area (Å²) in [6.07, 6.45) is 3.41. The molecule has 10 heteroatoms. The third-order valence-corrected chi connectivity index (χ3v) is 6.42. The average Bonchev–Trinajstić information content (AvgIpc) is 3.35. The van der Waals surface area contributed by atoms with Crippen LogP contribution >= 0.6 is 23.7 Å². The van der Waals surface area contributed by atoms with E-state index >= 15 is 0 Å². The topological polar surface area (TPSA) is 95.8 Å². The Morgan fingerprint density at radius 3 is 2.57 bits per heavy atom. The van der Waals surface area contributed by atoms with Gasteiger partial charge >= 0.3 is 5.00 Å².